The molecule has 0 atom stereocenters. The molecule has 0 aliphatic heterocycles. The Hall–Kier alpha value is -1.77. The van der Waals surface area contributed by atoms with Gasteiger partial charge in [0, 0.05) is 6.42 Å². The molecule has 0 saturated carbocycles. The molecular weight excluding hydrogens is 569 g/mol. The molecule has 0 unspecified atom stereocenters. The molecule has 2 aromatic rings. The Labute approximate surface area is 209 Å². The first kappa shape index (κ1) is 33.3. The second kappa shape index (κ2) is 9.76. The fraction of sp³-hybridized carbons (Fsp3) is 0.444. The van der Waals surface area contributed by atoms with Gasteiger partial charge in [0.25, 0.3) is 0 Å². The third-order valence-electron chi connectivity index (χ3n) is 4.99. The Morgan fingerprint density at radius 2 is 1.11 bits per heavy atom. The monoisotopic (exact) mass is 578 g/mol. The first-order valence-corrected chi connectivity index (χ1v) is 10.3. The van der Waals surface area contributed by atoms with E-state index in [9.17, 15) is 74.4 Å². The van der Waals surface area contributed by atoms with Crippen LogP contribution in [0.15, 0.2) is 41.3 Å². The van der Waals surface area contributed by atoms with Crippen LogP contribution in [0.25, 0.3) is 10.8 Å². The van der Waals surface area contributed by atoms with Crippen molar-refractivity contribution in [3.05, 3.63) is 42.0 Å². The van der Waals surface area contributed by atoms with Crippen LogP contribution in [0.1, 0.15) is 5.56 Å². The third-order valence-corrected chi connectivity index (χ3v) is 5.88. The molecule has 0 N–H and O–H groups in total. The second-order valence-electron chi connectivity index (χ2n) is 7.32. The minimum atomic E-state index is -8.14. The summed E-state index contributed by atoms with van der Waals surface area (Å²) >= 11 is 0. The van der Waals surface area contributed by atoms with E-state index in [2.05, 4.69) is 0 Å². The molecule has 2 aromatic carbocycles. The quantitative estimate of drug-likeness (QED) is 0.261. The summed E-state index contributed by atoms with van der Waals surface area (Å²) in [5, 5.41) is -1.47. The summed E-state index contributed by atoms with van der Waals surface area (Å²) in [6, 6.07) is 3.99. The third kappa shape index (κ3) is 5.01. The van der Waals surface area contributed by atoms with Crippen molar-refractivity contribution in [1.29, 1.82) is 0 Å². The molecule has 37 heavy (non-hydrogen) atoms. The van der Waals surface area contributed by atoms with Gasteiger partial charge in [0.15, 0.2) is 0 Å². The maximum absolute atomic E-state index is 14.3. The average molecular weight is 578 g/mol. The normalized spacial score (nSPS) is 14.7. The van der Waals surface area contributed by atoms with Gasteiger partial charge in [0.2, 0.25) is 0 Å². The minimum absolute atomic E-state index is 0. The van der Waals surface area contributed by atoms with Crippen molar-refractivity contribution < 1.29 is 93.3 Å². The van der Waals surface area contributed by atoms with Crippen LogP contribution in [0.3, 0.4) is 0 Å². The van der Waals surface area contributed by atoms with E-state index in [1.807, 2.05) is 0 Å². The fourth-order valence-electron chi connectivity index (χ4n) is 3.04. The maximum Gasteiger partial charge on any atom is 1.00 e. The maximum atomic E-state index is 14.3. The van der Waals surface area contributed by atoms with Gasteiger partial charge in [-0.3, -0.25) is 0 Å². The summed E-state index contributed by atoms with van der Waals surface area (Å²) in [7, 11) is -5.32. The number of fused-ring (bicyclic) bond motifs is 1. The summed E-state index contributed by atoms with van der Waals surface area (Å²) in [5.41, 5.74) is -1.19. The van der Waals surface area contributed by atoms with Gasteiger partial charge < -0.3 is 4.55 Å². The molecule has 19 heteroatoms. The van der Waals surface area contributed by atoms with Crippen LogP contribution in [0.4, 0.5) is 61.5 Å². The van der Waals surface area contributed by atoms with Gasteiger partial charge in [-0.05, 0) is 22.4 Å². The van der Waals surface area contributed by atoms with E-state index in [1.54, 1.807) is 0 Å². The van der Waals surface area contributed by atoms with Crippen LogP contribution < -0.4 is 18.9 Å². The summed E-state index contributed by atoms with van der Waals surface area (Å²) in [4.78, 5) is -1.09. The van der Waals surface area contributed by atoms with Crippen molar-refractivity contribution in [2.75, 3.05) is 0 Å². The van der Waals surface area contributed by atoms with E-state index in [0.717, 1.165) is 18.2 Å². The minimum Gasteiger partial charge on any atom is -0.744 e. The first-order valence-electron chi connectivity index (χ1n) is 8.89. The largest absolute Gasteiger partial charge is 1.00 e. The van der Waals surface area contributed by atoms with Crippen molar-refractivity contribution >= 4 is 20.9 Å². The number of halogens is 14. The Bertz CT molecular complexity index is 1250. The molecule has 0 amide bonds. The van der Waals surface area contributed by atoms with Crippen molar-refractivity contribution in [3.8, 4) is 0 Å². The van der Waals surface area contributed by atoms with Gasteiger partial charge in [-0.1, -0.05) is 30.3 Å². The molecule has 204 valence electrons. The Balaban J connectivity index is 0.00000684. The van der Waals surface area contributed by atoms with E-state index in [0.29, 0.717) is 18.2 Å². The van der Waals surface area contributed by atoms with Crippen LogP contribution in [0, 0.1) is 0 Å². The van der Waals surface area contributed by atoms with E-state index < -0.39 is 79.7 Å². The Morgan fingerprint density at radius 3 is 1.57 bits per heavy atom. The van der Waals surface area contributed by atoms with Crippen molar-refractivity contribution in [2.45, 2.75) is 53.3 Å². The van der Waals surface area contributed by atoms with Crippen LogP contribution in [0.2, 0.25) is 0 Å². The van der Waals surface area contributed by atoms with Gasteiger partial charge in [0.1, 0.15) is 10.1 Å². The molecule has 0 fully saturated rings. The molecule has 3 nitrogen and oxygen atoms in total. The fourth-order valence-corrected chi connectivity index (χ4v) is 3.73. The smallest absolute Gasteiger partial charge is 0.744 e. The summed E-state index contributed by atoms with van der Waals surface area (Å²) in [5.74, 6) is -45.5. The number of rotatable bonds is 9. The predicted molar refractivity (Wildman–Crippen MR) is 91.3 cm³/mol. The summed E-state index contributed by atoms with van der Waals surface area (Å²) in [6.45, 7) is 0. The molecule has 0 aliphatic rings. The Morgan fingerprint density at radius 1 is 0.676 bits per heavy atom. The van der Waals surface area contributed by atoms with Gasteiger partial charge in [-0.2, -0.15) is 52.7 Å². The zero-order chi connectivity index (χ0) is 28.3. The van der Waals surface area contributed by atoms with Crippen LogP contribution in [-0.4, -0.2) is 54.9 Å². The van der Waals surface area contributed by atoms with Crippen LogP contribution >= 0.6 is 0 Å². The molecule has 0 bridgehead atoms. The van der Waals surface area contributed by atoms with Gasteiger partial charge >= 0.3 is 60.8 Å². The number of benzene rings is 2. The Kier molecular flexibility index (Phi) is 8.77. The zero-order valence-electron chi connectivity index (χ0n) is 17.7. The SMILES string of the molecule is O=S(=O)([O-])c1cccc2c(CC(F)(F)C(F)(F)C(F)(F)C(F)(F)C(F)(F)C(F)(F)C(F)F)cccc12.[Li+]. The topological polar surface area (TPSA) is 57.2 Å². The molecule has 0 saturated heterocycles. The average Bonchev–Trinajstić information content (AvgIpc) is 2.71. The van der Waals surface area contributed by atoms with Gasteiger partial charge in [0.05, 0.1) is 4.90 Å². The van der Waals surface area contributed by atoms with E-state index in [4.69, 9.17) is 0 Å². The van der Waals surface area contributed by atoms with E-state index in [1.165, 1.54) is 0 Å². The van der Waals surface area contributed by atoms with Crippen molar-refractivity contribution in [3.63, 3.8) is 0 Å². The second-order valence-corrected chi connectivity index (χ2v) is 8.67. The number of hydrogen-bond acceptors (Lipinski definition) is 3. The molecule has 0 heterocycles. The zero-order valence-corrected chi connectivity index (χ0v) is 18.5. The standard InChI is InChI=1S/C18H10F14O3S.Li/c19-12(20)14(23,24)16(27,28)18(31,32)17(29,30)15(25,26)13(21,22)7-8-3-1-5-10-9(8)4-2-6-11(10)36(33,34)35;/h1-6,12H,7H2,(H,33,34,35);/q;+1/p-1. The molecular formula is C18H9F14LiO3S. The van der Waals surface area contributed by atoms with E-state index in [-0.39, 0.29) is 18.9 Å². The van der Waals surface area contributed by atoms with Crippen molar-refractivity contribution in [2.24, 2.45) is 0 Å². The molecule has 0 aromatic heterocycles. The van der Waals surface area contributed by atoms with Gasteiger partial charge in [-0.15, -0.1) is 0 Å². The molecule has 2 rings (SSSR count). The molecule has 0 spiro atoms. The number of alkyl halides is 14. The van der Waals surface area contributed by atoms with Crippen LogP contribution in [-0.2, 0) is 16.5 Å². The molecule has 0 aliphatic carbocycles. The summed E-state index contributed by atoms with van der Waals surface area (Å²) < 4.78 is 222. The number of hydrogen-bond donors (Lipinski definition) is 0. The van der Waals surface area contributed by atoms with Crippen molar-refractivity contribution in [1.82, 2.24) is 0 Å². The first-order chi connectivity index (χ1) is 15.9. The van der Waals surface area contributed by atoms with E-state index >= 15 is 0 Å². The summed E-state index contributed by atoms with van der Waals surface area (Å²) in [6.07, 6.45) is -8.49. The predicted octanol–water partition coefficient (Wildman–Crippen LogP) is 3.37. The molecule has 0 radical (unpaired) electrons. The van der Waals surface area contributed by atoms with Gasteiger partial charge in [-0.25, -0.2) is 17.2 Å². The van der Waals surface area contributed by atoms with Crippen LogP contribution in [0.5, 0.6) is 0 Å².